The molecule has 0 bridgehead atoms. The zero-order valence-corrected chi connectivity index (χ0v) is 26.8. The maximum absolute atomic E-state index is 14.1. The smallest absolute Gasteiger partial charge is 0.406 e. The Kier molecular flexibility index (Phi) is 12.6. The minimum atomic E-state index is -4.30. The van der Waals surface area contributed by atoms with Gasteiger partial charge in [0.25, 0.3) is 5.56 Å². The molecule has 2 N–H and O–H groups in total. The Morgan fingerprint density at radius 1 is 1.27 bits per heavy atom. The van der Waals surface area contributed by atoms with Gasteiger partial charge >= 0.3 is 19.4 Å². The number of hydrogen-bond acceptors (Lipinski definition) is 11. The van der Waals surface area contributed by atoms with Crippen molar-refractivity contribution in [3.63, 3.8) is 0 Å². The van der Waals surface area contributed by atoms with Crippen molar-refractivity contribution >= 4 is 30.6 Å². The van der Waals surface area contributed by atoms with Crippen molar-refractivity contribution in [3.8, 4) is 0 Å². The topological polar surface area (TPSA) is 204 Å². The van der Waals surface area contributed by atoms with Crippen LogP contribution in [-0.4, -0.2) is 64.9 Å². The van der Waals surface area contributed by atoms with Gasteiger partial charge in [-0.2, -0.15) is 0 Å². The summed E-state index contributed by atoms with van der Waals surface area (Å²) in [7, 11) is -3.10. The summed E-state index contributed by atoms with van der Waals surface area (Å²) in [5.41, 5.74) is 8.30. The summed E-state index contributed by atoms with van der Waals surface area (Å²) < 4.78 is 37.5. The first-order valence-corrected chi connectivity index (χ1v) is 16.3. The second-order valence-corrected chi connectivity index (χ2v) is 13.9. The van der Waals surface area contributed by atoms with Crippen LogP contribution in [0.1, 0.15) is 44.5 Å². The van der Waals surface area contributed by atoms with Crippen LogP contribution in [0.25, 0.3) is 10.4 Å². The summed E-state index contributed by atoms with van der Waals surface area (Å²) in [4.78, 5) is 54.3. The van der Waals surface area contributed by atoms with Crippen molar-refractivity contribution in [3.05, 3.63) is 78.9 Å². The number of carbonyl (C=O) groups excluding carboxylic acids is 2. The summed E-state index contributed by atoms with van der Waals surface area (Å²) >= 11 is 1.01. The second kappa shape index (κ2) is 15.7. The number of nitrogens with one attached hydrogen (secondary N) is 2. The molecule has 2 aromatic rings. The molecular weight excluding hydrogens is 615 g/mol. The molecule has 1 saturated heterocycles. The fourth-order valence-electron chi connectivity index (χ4n) is 4.18. The number of thioether (sulfide) groups is 1. The van der Waals surface area contributed by atoms with Crippen LogP contribution < -0.4 is 16.3 Å². The number of esters is 1. The molecule has 1 aliphatic heterocycles. The summed E-state index contributed by atoms with van der Waals surface area (Å²) in [5.74, 6) is -0.555. The first-order chi connectivity index (χ1) is 20.8. The van der Waals surface area contributed by atoms with Gasteiger partial charge in [-0.15, -0.1) is 0 Å². The number of methoxy groups -OCH3 is 1. The number of ether oxygens (including phenoxy) is 2. The molecule has 15 nitrogen and oxygen atoms in total. The van der Waals surface area contributed by atoms with E-state index in [1.54, 1.807) is 45.0 Å². The van der Waals surface area contributed by atoms with Gasteiger partial charge in [0.05, 0.1) is 32.5 Å². The van der Waals surface area contributed by atoms with Crippen LogP contribution in [0, 0.1) is 12.3 Å². The van der Waals surface area contributed by atoms with Crippen molar-refractivity contribution in [2.75, 3.05) is 26.1 Å². The maximum Gasteiger partial charge on any atom is 0.406 e. The Balaban J connectivity index is 1.81. The van der Waals surface area contributed by atoms with E-state index < -0.39 is 61.4 Å². The molecule has 3 rings (SSSR count). The first kappa shape index (κ1) is 35.3. The molecule has 1 aromatic heterocycles. The molecule has 1 unspecified atom stereocenters. The number of aromatic amines is 1. The van der Waals surface area contributed by atoms with E-state index in [1.807, 2.05) is 6.07 Å². The Labute approximate surface area is 258 Å². The number of benzene rings is 1. The van der Waals surface area contributed by atoms with Crippen LogP contribution in [0.4, 0.5) is 0 Å². The highest BCUT2D eigenvalue weighted by molar-refractivity contribution is 8.13. The monoisotopic (exact) mass is 652 g/mol. The molecule has 0 radical (unpaired) electrons. The molecular formula is C27H37N6O9PS. The predicted molar refractivity (Wildman–Crippen MR) is 163 cm³/mol. The lowest BCUT2D eigenvalue weighted by atomic mass is 10.00. The van der Waals surface area contributed by atoms with E-state index in [0.29, 0.717) is 0 Å². The average molecular weight is 653 g/mol. The van der Waals surface area contributed by atoms with Gasteiger partial charge in [-0.3, -0.25) is 33.0 Å². The van der Waals surface area contributed by atoms with E-state index in [4.69, 9.17) is 24.1 Å². The highest BCUT2D eigenvalue weighted by Crippen LogP contribution is 2.46. The number of H-pyrrole nitrogens is 1. The zero-order valence-electron chi connectivity index (χ0n) is 25.1. The van der Waals surface area contributed by atoms with Gasteiger partial charge in [0.15, 0.2) is 5.12 Å². The minimum Gasteiger partial charge on any atom is -0.468 e. The van der Waals surface area contributed by atoms with Crippen molar-refractivity contribution in [2.24, 2.45) is 10.5 Å². The van der Waals surface area contributed by atoms with Crippen LogP contribution in [0.5, 0.6) is 0 Å². The van der Waals surface area contributed by atoms with Gasteiger partial charge in [0.1, 0.15) is 12.3 Å². The molecule has 0 saturated carbocycles. The van der Waals surface area contributed by atoms with Gasteiger partial charge in [0, 0.05) is 34.3 Å². The third-order valence-electron chi connectivity index (χ3n) is 6.54. The van der Waals surface area contributed by atoms with Crippen LogP contribution in [0.3, 0.4) is 0 Å². The van der Waals surface area contributed by atoms with E-state index in [0.717, 1.165) is 17.3 Å². The van der Waals surface area contributed by atoms with Crippen molar-refractivity contribution < 1.29 is 32.7 Å². The number of aryl methyl sites for hydroxylation is 1. The number of rotatable bonds is 14. The minimum absolute atomic E-state index is 0.0619. The van der Waals surface area contributed by atoms with Gasteiger partial charge in [-0.05, 0) is 24.4 Å². The lowest BCUT2D eigenvalue weighted by molar-refractivity contribution is -0.142. The van der Waals surface area contributed by atoms with Crippen molar-refractivity contribution in [1.29, 1.82) is 0 Å². The van der Waals surface area contributed by atoms with Crippen LogP contribution in [0.2, 0.25) is 0 Å². The van der Waals surface area contributed by atoms with E-state index in [-0.39, 0.29) is 35.9 Å². The largest absolute Gasteiger partial charge is 0.468 e. The molecule has 0 aliphatic carbocycles. The van der Waals surface area contributed by atoms with Crippen LogP contribution >= 0.6 is 19.5 Å². The number of hydrogen-bond donors (Lipinski definition) is 2. The average Bonchev–Trinajstić information content (AvgIpc) is 3.38. The third kappa shape index (κ3) is 9.89. The first-order valence-electron chi connectivity index (χ1n) is 13.7. The SMILES string of the molecule is COC(=O)[C@H](Cc1ccccc1)NP(=O)(OCCSC(=O)C(C)(C)C)OC[C@H]1O[C@@H](n2cc(C)c(=O)[nH]c2=O)C[C@@H]1N=[N+]=[N-]. The zero-order chi connectivity index (χ0) is 32.5. The number of nitrogens with zero attached hydrogens (tertiary/aromatic N) is 4. The van der Waals surface area contributed by atoms with E-state index in [2.05, 4.69) is 20.1 Å². The molecule has 44 heavy (non-hydrogen) atoms. The molecule has 1 aromatic carbocycles. The standard InChI is InChI=1S/C27H37N6O9PS/c1-17-15-33(26(37)29-23(17)34)22-14-19(30-32-28)21(42-22)16-41-43(38,40-11-12-44-25(36)27(2,3)4)31-20(24(35)39-5)13-18-9-7-6-8-10-18/h6-10,15,19-22H,11-14,16H2,1-5H3,(H,31,38)(H,29,34,37)/t19-,20-,21+,22+,43?/m0/s1. The highest BCUT2D eigenvalue weighted by atomic mass is 32.2. The molecule has 240 valence electrons. The summed E-state index contributed by atoms with van der Waals surface area (Å²) in [5, 5.41) is 6.34. The maximum atomic E-state index is 14.1. The summed E-state index contributed by atoms with van der Waals surface area (Å²) in [6.45, 7) is 6.27. The number of carbonyl (C=O) groups is 2. The molecule has 0 spiro atoms. The van der Waals surface area contributed by atoms with Gasteiger partial charge in [-0.25, -0.2) is 14.4 Å². The predicted octanol–water partition coefficient (Wildman–Crippen LogP) is 3.63. The van der Waals surface area contributed by atoms with Crippen molar-refractivity contribution in [2.45, 2.75) is 65.0 Å². The molecule has 1 fully saturated rings. The van der Waals surface area contributed by atoms with Crippen LogP contribution in [0.15, 0.2) is 51.2 Å². The van der Waals surface area contributed by atoms with Gasteiger partial charge in [0.2, 0.25) is 0 Å². The third-order valence-corrected chi connectivity index (χ3v) is 9.43. The molecule has 0 amide bonds. The Morgan fingerprint density at radius 2 is 1.98 bits per heavy atom. The van der Waals surface area contributed by atoms with E-state index >= 15 is 0 Å². The molecule has 1 aliphatic rings. The fraction of sp³-hybridized carbons (Fsp3) is 0.556. The van der Waals surface area contributed by atoms with Gasteiger partial charge < -0.3 is 9.47 Å². The Bertz CT molecular complexity index is 1520. The number of aromatic nitrogens is 2. The van der Waals surface area contributed by atoms with Crippen LogP contribution in [-0.2, 0) is 39.1 Å². The lowest BCUT2D eigenvalue weighted by Gasteiger charge is -2.26. The fourth-order valence-corrected chi connectivity index (χ4v) is 6.57. The van der Waals surface area contributed by atoms with Crippen molar-refractivity contribution in [1.82, 2.24) is 14.6 Å². The van der Waals surface area contributed by atoms with Gasteiger partial charge in [-0.1, -0.05) is 68.0 Å². The second-order valence-electron chi connectivity index (χ2n) is 11.0. The molecule has 17 heteroatoms. The Morgan fingerprint density at radius 3 is 2.61 bits per heavy atom. The lowest BCUT2D eigenvalue weighted by Crippen LogP contribution is -2.39. The summed E-state index contributed by atoms with van der Waals surface area (Å²) in [6.07, 6.45) is -0.405. The number of azide groups is 1. The Hall–Kier alpha value is -3.23. The summed E-state index contributed by atoms with van der Waals surface area (Å²) in [6, 6.07) is 7.00. The molecule has 2 heterocycles. The molecule has 5 atom stereocenters. The normalized spacial score (nSPS) is 20.3. The van der Waals surface area contributed by atoms with E-state index in [1.165, 1.54) is 24.8 Å². The highest BCUT2D eigenvalue weighted by Gasteiger charge is 2.40. The quantitative estimate of drug-likeness (QED) is 0.0753. The van der Waals surface area contributed by atoms with E-state index in [9.17, 15) is 23.7 Å².